The maximum atomic E-state index is 12.3. The standard InChI is InChI=1S/C15H24N2O/c1-15(9-5-6-10-15)14(18)17-13(11-16)12-7-3-2-4-8-12/h12-13H,2-10H2,1H3,(H,17,18). The van der Waals surface area contributed by atoms with Crippen LogP contribution in [0.1, 0.15) is 64.7 Å². The minimum atomic E-state index is -0.268. The van der Waals surface area contributed by atoms with Gasteiger partial charge in [0.15, 0.2) is 0 Å². The van der Waals surface area contributed by atoms with E-state index in [9.17, 15) is 10.1 Å². The molecule has 2 rings (SSSR count). The second-order valence-electron chi connectivity index (χ2n) is 6.25. The van der Waals surface area contributed by atoms with Gasteiger partial charge in [0, 0.05) is 5.41 Å². The molecule has 3 nitrogen and oxygen atoms in total. The molecule has 2 aliphatic carbocycles. The Hall–Kier alpha value is -1.04. The fourth-order valence-electron chi connectivity index (χ4n) is 3.42. The molecular weight excluding hydrogens is 224 g/mol. The monoisotopic (exact) mass is 248 g/mol. The van der Waals surface area contributed by atoms with Crippen LogP contribution >= 0.6 is 0 Å². The molecule has 2 saturated carbocycles. The van der Waals surface area contributed by atoms with Crippen molar-refractivity contribution in [3.05, 3.63) is 0 Å². The van der Waals surface area contributed by atoms with E-state index < -0.39 is 0 Å². The first kappa shape index (κ1) is 13.4. The van der Waals surface area contributed by atoms with Crippen molar-refractivity contribution in [3.8, 4) is 6.07 Å². The highest BCUT2D eigenvalue weighted by atomic mass is 16.2. The van der Waals surface area contributed by atoms with Gasteiger partial charge >= 0.3 is 0 Å². The fourth-order valence-corrected chi connectivity index (χ4v) is 3.42. The zero-order chi connectivity index (χ0) is 13.0. The number of amides is 1. The van der Waals surface area contributed by atoms with Crippen LogP contribution in [-0.2, 0) is 4.79 Å². The van der Waals surface area contributed by atoms with Gasteiger partial charge in [-0.15, -0.1) is 0 Å². The van der Waals surface area contributed by atoms with Crippen LogP contribution in [0.4, 0.5) is 0 Å². The SMILES string of the molecule is CC1(C(=O)NC(C#N)C2CCCCC2)CCCC1. The van der Waals surface area contributed by atoms with Gasteiger partial charge in [0.25, 0.3) is 0 Å². The van der Waals surface area contributed by atoms with Gasteiger partial charge in [-0.3, -0.25) is 4.79 Å². The summed E-state index contributed by atoms with van der Waals surface area (Å²) in [7, 11) is 0. The molecule has 3 heteroatoms. The van der Waals surface area contributed by atoms with Crippen molar-refractivity contribution in [2.24, 2.45) is 11.3 Å². The van der Waals surface area contributed by atoms with Crippen LogP contribution < -0.4 is 5.32 Å². The summed E-state index contributed by atoms with van der Waals surface area (Å²) >= 11 is 0. The van der Waals surface area contributed by atoms with Crippen molar-refractivity contribution in [1.29, 1.82) is 5.26 Å². The van der Waals surface area contributed by atoms with Crippen LogP contribution in [0.3, 0.4) is 0 Å². The Morgan fingerprint density at radius 3 is 2.39 bits per heavy atom. The molecule has 18 heavy (non-hydrogen) atoms. The van der Waals surface area contributed by atoms with Gasteiger partial charge in [-0.1, -0.05) is 39.0 Å². The Morgan fingerprint density at radius 2 is 1.83 bits per heavy atom. The highest BCUT2D eigenvalue weighted by Gasteiger charge is 2.38. The number of nitrogens with one attached hydrogen (secondary N) is 1. The van der Waals surface area contributed by atoms with Crippen LogP contribution in [0, 0.1) is 22.7 Å². The molecule has 100 valence electrons. The van der Waals surface area contributed by atoms with Gasteiger partial charge < -0.3 is 5.32 Å². The summed E-state index contributed by atoms with van der Waals surface area (Å²) in [6, 6.07) is 2.04. The van der Waals surface area contributed by atoms with Crippen molar-refractivity contribution >= 4 is 5.91 Å². The van der Waals surface area contributed by atoms with Crippen molar-refractivity contribution < 1.29 is 4.79 Å². The Kier molecular flexibility index (Phi) is 4.27. The first-order valence-corrected chi connectivity index (χ1v) is 7.36. The lowest BCUT2D eigenvalue weighted by atomic mass is 9.82. The quantitative estimate of drug-likeness (QED) is 0.834. The molecule has 0 aromatic rings. The molecule has 0 aliphatic heterocycles. The van der Waals surface area contributed by atoms with E-state index in [1.54, 1.807) is 0 Å². The number of nitrogens with zero attached hydrogens (tertiary/aromatic N) is 1. The number of carbonyl (C=O) groups is 1. The van der Waals surface area contributed by atoms with Crippen LogP contribution in [0.15, 0.2) is 0 Å². The number of hydrogen-bond acceptors (Lipinski definition) is 2. The zero-order valence-corrected chi connectivity index (χ0v) is 11.4. The van der Waals surface area contributed by atoms with Gasteiger partial charge in [0.1, 0.15) is 6.04 Å². The summed E-state index contributed by atoms with van der Waals surface area (Å²) in [5.41, 5.74) is -0.218. The average Bonchev–Trinajstić information content (AvgIpc) is 2.85. The number of rotatable bonds is 3. The van der Waals surface area contributed by atoms with Crippen molar-refractivity contribution in [1.82, 2.24) is 5.32 Å². The van der Waals surface area contributed by atoms with Gasteiger partial charge in [-0.25, -0.2) is 0 Å². The van der Waals surface area contributed by atoms with Crippen LogP contribution in [0.2, 0.25) is 0 Å². The van der Waals surface area contributed by atoms with Gasteiger partial charge in [-0.2, -0.15) is 5.26 Å². The molecule has 2 aliphatic rings. The lowest BCUT2D eigenvalue weighted by molar-refractivity contribution is -0.130. The van der Waals surface area contributed by atoms with E-state index in [1.165, 1.54) is 19.3 Å². The number of nitriles is 1. The van der Waals surface area contributed by atoms with E-state index in [1.807, 2.05) is 6.92 Å². The lowest BCUT2D eigenvalue weighted by Gasteiger charge is -2.30. The summed E-state index contributed by atoms with van der Waals surface area (Å²) in [5, 5.41) is 12.3. The third-order valence-electron chi connectivity index (χ3n) is 4.80. The highest BCUT2D eigenvalue weighted by molar-refractivity contribution is 5.83. The Bertz CT molecular complexity index is 333. The van der Waals surface area contributed by atoms with E-state index in [0.717, 1.165) is 38.5 Å². The normalized spacial score (nSPS) is 25.3. The number of carbonyl (C=O) groups excluding carboxylic acids is 1. The topological polar surface area (TPSA) is 52.9 Å². The van der Waals surface area contributed by atoms with E-state index in [4.69, 9.17) is 0 Å². The molecule has 1 N–H and O–H groups in total. The first-order chi connectivity index (χ1) is 8.65. The molecule has 0 heterocycles. The minimum Gasteiger partial charge on any atom is -0.340 e. The Balaban J connectivity index is 1.93. The molecule has 1 atom stereocenters. The van der Waals surface area contributed by atoms with Gasteiger partial charge in [-0.05, 0) is 31.6 Å². The molecule has 1 unspecified atom stereocenters. The van der Waals surface area contributed by atoms with Gasteiger partial charge in [0.2, 0.25) is 5.91 Å². The molecule has 0 radical (unpaired) electrons. The summed E-state index contributed by atoms with van der Waals surface area (Å²) in [6.07, 6.45) is 10.1. The number of hydrogen-bond donors (Lipinski definition) is 1. The molecule has 2 fully saturated rings. The van der Waals surface area contributed by atoms with Crippen LogP contribution in [-0.4, -0.2) is 11.9 Å². The largest absolute Gasteiger partial charge is 0.340 e. The third kappa shape index (κ3) is 2.85. The van der Waals surface area contributed by atoms with E-state index >= 15 is 0 Å². The van der Waals surface area contributed by atoms with Crippen LogP contribution in [0.25, 0.3) is 0 Å². The summed E-state index contributed by atoms with van der Waals surface area (Å²) in [4.78, 5) is 12.3. The highest BCUT2D eigenvalue weighted by Crippen LogP contribution is 2.38. The maximum Gasteiger partial charge on any atom is 0.226 e. The second kappa shape index (κ2) is 5.73. The summed E-state index contributed by atoms with van der Waals surface area (Å²) < 4.78 is 0. The summed E-state index contributed by atoms with van der Waals surface area (Å²) in [6.45, 7) is 2.05. The molecule has 0 saturated heterocycles. The second-order valence-corrected chi connectivity index (χ2v) is 6.25. The predicted molar refractivity (Wildman–Crippen MR) is 70.7 cm³/mol. The van der Waals surface area contributed by atoms with Crippen molar-refractivity contribution in [2.45, 2.75) is 70.8 Å². The fraction of sp³-hybridized carbons (Fsp3) is 0.867. The van der Waals surface area contributed by atoms with Crippen molar-refractivity contribution in [2.75, 3.05) is 0 Å². The average molecular weight is 248 g/mol. The lowest BCUT2D eigenvalue weighted by Crippen LogP contribution is -2.46. The minimum absolute atomic E-state index is 0.108. The molecule has 0 aromatic heterocycles. The van der Waals surface area contributed by atoms with E-state index in [0.29, 0.717) is 5.92 Å². The third-order valence-corrected chi connectivity index (χ3v) is 4.80. The van der Waals surface area contributed by atoms with E-state index in [2.05, 4.69) is 11.4 Å². The maximum absolute atomic E-state index is 12.3. The molecular formula is C15H24N2O. The van der Waals surface area contributed by atoms with Crippen molar-refractivity contribution in [3.63, 3.8) is 0 Å². The Labute approximate surface area is 110 Å². The van der Waals surface area contributed by atoms with Crippen LogP contribution in [0.5, 0.6) is 0 Å². The first-order valence-electron chi connectivity index (χ1n) is 7.36. The smallest absolute Gasteiger partial charge is 0.226 e. The molecule has 1 amide bonds. The predicted octanol–water partition coefficient (Wildman–Crippen LogP) is 3.16. The zero-order valence-electron chi connectivity index (χ0n) is 11.4. The molecule has 0 spiro atoms. The Morgan fingerprint density at radius 1 is 1.22 bits per heavy atom. The van der Waals surface area contributed by atoms with Gasteiger partial charge in [0.05, 0.1) is 6.07 Å². The van der Waals surface area contributed by atoms with E-state index in [-0.39, 0.29) is 17.4 Å². The molecule has 0 bridgehead atoms. The molecule has 0 aromatic carbocycles. The summed E-state index contributed by atoms with van der Waals surface area (Å²) in [5.74, 6) is 0.481.